The minimum atomic E-state index is 0.0343. The highest BCUT2D eigenvalue weighted by atomic mass is 16.5. The lowest BCUT2D eigenvalue weighted by molar-refractivity contribution is -0.137. The maximum Gasteiger partial charge on any atom is 0.260 e. The van der Waals surface area contributed by atoms with Gasteiger partial charge >= 0.3 is 0 Å². The third-order valence-corrected chi connectivity index (χ3v) is 6.04. The van der Waals surface area contributed by atoms with Crippen molar-refractivity contribution < 1.29 is 14.3 Å². The SMILES string of the molecule is CN1C[C@@H]2CC[C@H](C1)N(Cc1ccc(OCC(=O)N3CCOCC3)cc1)C2. The summed E-state index contributed by atoms with van der Waals surface area (Å²) in [6.07, 6.45) is 2.69. The topological polar surface area (TPSA) is 45.2 Å². The second-order valence-corrected chi connectivity index (χ2v) is 8.17. The van der Waals surface area contributed by atoms with Gasteiger partial charge in [-0.3, -0.25) is 9.69 Å². The van der Waals surface area contributed by atoms with Gasteiger partial charge in [0.25, 0.3) is 5.91 Å². The van der Waals surface area contributed by atoms with Crippen molar-refractivity contribution >= 4 is 5.91 Å². The molecule has 0 saturated carbocycles. The fourth-order valence-electron chi connectivity index (χ4n) is 4.58. The predicted molar refractivity (Wildman–Crippen MR) is 104 cm³/mol. The Kier molecular flexibility index (Phi) is 5.95. The first-order valence-corrected chi connectivity index (χ1v) is 10.2. The molecule has 6 heteroatoms. The van der Waals surface area contributed by atoms with Gasteiger partial charge in [0.05, 0.1) is 13.2 Å². The van der Waals surface area contributed by atoms with Crippen molar-refractivity contribution in [2.24, 2.45) is 5.92 Å². The highest BCUT2D eigenvalue weighted by molar-refractivity contribution is 5.77. The van der Waals surface area contributed by atoms with Gasteiger partial charge in [-0.2, -0.15) is 0 Å². The van der Waals surface area contributed by atoms with Crippen molar-refractivity contribution in [1.82, 2.24) is 14.7 Å². The van der Waals surface area contributed by atoms with Crippen molar-refractivity contribution in [2.75, 3.05) is 59.6 Å². The molecular weight excluding hydrogens is 342 g/mol. The lowest BCUT2D eigenvalue weighted by Gasteiger charge is -2.36. The molecule has 148 valence electrons. The molecule has 1 aromatic carbocycles. The Morgan fingerprint density at radius 3 is 2.67 bits per heavy atom. The number of nitrogens with zero attached hydrogens (tertiary/aromatic N) is 3. The highest BCUT2D eigenvalue weighted by Gasteiger charge is 2.33. The summed E-state index contributed by atoms with van der Waals surface area (Å²) in [5.41, 5.74) is 1.32. The molecule has 2 atom stereocenters. The molecule has 0 aromatic heterocycles. The van der Waals surface area contributed by atoms with Crippen molar-refractivity contribution in [3.63, 3.8) is 0 Å². The molecule has 4 aliphatic rings. The van der Waals surface area contributed by atoms with Gasteiger partial charge in [-0.25, -0.2) is 0 Å². The van der Waals surface area contributed by atoms with Gasteiger partial charge in [0, 0.05) is 45.3 Å². The maximum atomic E-state index is 12.2. The summed E-state index contributed by atoms with van der Waals surface area (Å²) in [6.45, 7) is 7.29. The number of carbonyl (C=O) groups excluding carboxylic acids is 1. The number of rotatable bonds is 5. The molecule has 1 aromatic rings. The molecule has 5 rings (SSSR count). The van der Waals surface area contributed by atoms with Crippen LogP contribution in [-0.4, -0.2) is 86.2 Å². The summed E-state index contributed by atoms with van der Waals surface area (Å²) in [6, 6.07) is 8.93. The van der Waals surface area contributed by atoms with E-state index in [1.807, 2.05) is 17.0 Å². The Bertz CT molecular complexity index is 630. The molecule has 0 radical (unpaired) electrons. The lowest BCUT2D eigenvalue weighted by Crippen LogP contribution is -2.43. The van der Waals surface area contributed by atoms with Crippen LogP contribution in [0.4, 0.5) is 0 Å². The number of benzene rings is 1. The van der Waals surface area contributed by atoms with Gasteiger partial charge in [0.2, 0.25) is 0 Å². The monoisotopic (exact) mass is 373 g/mol. The van der Waals surface area contributed by atoms with E-state index in [1.54, 1.807) is 0 Å². The predicted octanol–water partition coefficient (Wildman–Crippen LogP) is 1.45. The number of morpholine rings is 1. The standard InChI is InChI=1S/C21H31N3O3/c1-22-12-18-2-5-19(15-22)24(14-18)13-17-3-6-20(7-4-17)27-16-21(25)23-8-10-26-11-9-23/h3-4,6-7,18-19H,2,5,8-16H2,1H3/t18-,19+/m0/s1. The number of amides is 1. The maximum absolute atomic E-state index is 12.2. The Hall–Kier alpha value is -1.63. The average Bonchev–Trinajstić information content (AvgIpc) is 2.97. The zero-order valence-corrected chi connectivity index (χ0v) is 16.3. The largest absolute Gasteiger partial charge is 0.484 e. The zero-order chi connectivity index (χ0) is 18.6. The van der Waals surface area contributed by atoms with Crippen LogP contribution in [0.2, 0.25) is 0 Å². The summed E-state index contributed by atoms with van der Waals surface area (Å²) in [5, 5.41) is 0. The first-order valence-electron chi connectivity index (χ1n) is 10.2. The van der Waals surface area contributed by atoms with Crippen LogP contribution in [0.25, 0.3) is 0 Å². The fourth-order valence-corrected chi connectivity index (χ4v) is 4.58. The van der Waals surface area contributed by atoms with E-state index in [0.29, 0.717) is 32.3 Å². The van der Waals surface area contributed by atoms with Crippen LogP contribution in [0.5, 0.6) is 5.75 Å². The Morgan fingerprint density at radius 1 is 1.11 bits per heavy atom. The Balaban J connectivity index is 1.28. The molecule has 0 aliphatic carbocycles. The third kappa shape index (κ3) is 4.81. The lowest BCUT2D eigenvalue weighted by atomic mass is 9.94. The summed E-state index contributed by atoms with van der Waals surface area (Å²) in [7, 11) is 2.25. The molecule has 0 spiro atoms. The number of ether oxygens (including phenoxy) is 2. The molecule has 0 unspecified atom stereocenters. The van der Waals surface area contributed by atoms with E-state index in [0.717, 1.165) is 18.2 Å². The third-order valence-electron chi connectivity index (χ3n) is 6.04. The van der Waals surface area contributed by atoms with Gasteiger partial charge in [-0.05, 0) is 43.5 Å². The van der Waals surface area contributed by atoms with Gasteiger partial charge in [0.1, 0.15) is 5.75 Å². The second kappa shape index (κ2) is 8.59. The van der Waals surface area contributed by atoms with Crippen LogP contribution in [0.3, 0.4) is 0 Å². The van der Waals surface area contributed by atoms with E-state index in [9.17, 15) is 4.79 Å². The molecule has 2 bridgehead atoms. The first-order chi connectivity index (χ1) is 13.2. The Labute approximate surface area is 162 Å². The van der Waals surface area contributed by atoms with Crippen LogP contribution >= 0.6 is 0 Å². The number of piperidine rings is 1. The van der Waals surface area contributed by atoms with Crippen LogP contribution in [0.15, 0.2) is 24.3 Å². The van der Waals surface area contributed by atoms with Crippen LogP contribution in [0, 0.1) is 5.92 Å². The first kappa shape index (κ1) is 18.7. The Morgan fingerprint density at radius 2 is 1.89 bits per heavy atom. The van der Waals surface area contributed by atoms with E-state index in [4.69, 9.17) is 9.47 Å². The van der Waals surface area contributed by atoms with Gasteiger partial charge in [-0.15, -0.1) is 0 Å². The van der Waals surface area contributed by atoms with Gasteiger partial charge in [-0.1, -0.05) is 12.1 Å². The minimum Gasteiger partial charge on any atom is -0.484 e. The smallest absolute Gasteiger partial charge is 0.260 e. The van der Waals surface area contributed by atoms with E-state index in [2.05, 4.69) is 29.0 Å². The van der Waals surface area contributed by atoms with Crippen molar-refractivity contribution in [3.05, 3.63) is 29.8 Å². The summed E-state index contributed by atoms with van der Waals surface area (Å²) < 4.78 is 11.0. The molecule has 1 amide bonds. The highest BCUT2D eigenvalue weighted by Crippen LogP contribution is 2.28. The molecule has 4 heterocycles. The van der Waals surface area contributed by atoms with Crippen LogP contribution < -0.4 is 4.74 Å². The van der Waals surface area contributed by atoms with E-state index >= 15 is 0 Å². The molecular formula is C21H31N3O3. The summed E-state index contributed by atoms with van der Waals surface area (Å²) in [5.74, 6) is 1.60. The fraction of sp³-hybridized carbons (Fsp3) is 0.667. The molecule has 6 nitrogen and oxygen atoms in total. The van der Waals surface area contributed by atoms with E-state index < -0.39 is 0 Å². The van der Waals surface area contributed by atoms with Gasteiger partial charge in [0.15, 0.2) is 6.61 Å². The average molecular weight is 373 g/mol. The minimum absolute atomic E-state index is 0.0343. The quantitative estimate of drug-likeness (QED) is 0.782. The number of carbonyl (C=O) groups is 1. The summed E-state index contributed by atoms with van der Waals surface area (Å²) >= 11 is 0. The van der Waals surface area contributed by atoms with Crippen molar-refractivity contribution in [3.8, 4) is 5.75 Å². The molecule has 0 N–H and O–H groups in total. The molecule has 4 aliphatic heterocycles. The van der Waals surface area contributed by atoms with Crippen LogP contribution in [-0.2, 0) is 16.1 Å². The number of hydrogen-bond acceptors (Lipinski definition) is 5. The number of fused-ring (bicyclic) bond motifs is 4. The molecule has 4 fully saturated rings. The van der Waals surface area contributed by atoms with E-state index in [1.165, 1.54) is 38.0 Å². The zero-order valence-electron chi connectivity index (χ0n) is 16.3. The number of likely N-dealkylation sites (N-methyl/N-ethyl adjacent to an activating group) is 1. The van der Waals surface area contributed by atoms with Crippen molar-refractivity contribution in [2.45, 2.75) is 25.4 Å². The molecule has 4 saturated heterocycles. The van der Waals surface area contributed by atoms with Gasteiger partial charge < -0.3 is 19.3 Å². The second-order valence-electron chi connectivity index (χ2n) is 8.17. The molecule has 27 heavy (non-hydrogen) atoms. The van der Waals surface area contributed by atoms with Crippen LogP contribution in [0.1, 0.15) is 18.4 Å². The normalized spacial score (nSPS) is 26.8. The van der Waals surface area contributed by atoms with E-state index in [-0.39, 0.29) is 12.5 Å². The van der Waals surface area contributed by atoms with Crippen molar-refractivity contribution in [1.29, 1.82) is 0 Å². The number of hydrogen-bond donors (Lipinski definition) is 0. The summed E-state index contributed by atoms with van der Waals surface area (Å²) in [4.78, 5) is 19.1.